The number of rotatable bonds is 3. The highest BCUT2D eigenvalue weighted by molar-refractivity contribution is 6.03. The van der Waals surface area contributed by atoms with Gasteiger partial charge in [-0.2, -0.15) is 0 Å². The average Bonchev–Trinajstić information content (AvgIpc) is 2.72. The van der Waals surface area contributed by atoms with Gasteiger partial charge in [-0.05, 0) is 40.3 Å². The van der Waals surface area contributed by atoms with Gasteiger partial charge in [0.15, 0.2) is 0 Å². The van der Waals surface area contributed by atoms with E-state index in [4.69, 9.17) is 4.98 Å². The minimum atomic E-state index is -0.946. The molecule has 0 fully saturated rings. The normalized spacial score (nSPS) is 11.6. The Bertz CT molecular complexity index is 1200. The molecule has 0 radical (unpaired) electrons. The van der Waals surface area contributed by atoms with Crippen molar-refractivity contribution in [1.29, 1.82) is 0 Å². The van der Waals surface area contributed by atoms with Crippen LogP contribution in [0.2, 0.25) is 0 Å². The van der Waals surface area contributed by atoms with Crippen molar-refractivity contribution in [2.75, 3.05) is 0 Å². The van der Waals surface area contributed by atoms with E-state index >= 15 is 0 Å². The topological polar surface area (TPSA) is 50.2 Å². The second-order valence-electron chi connectivity index (χ2n) is 8.29. The molecule has 0 unspecified atom stereocenters. The minimum Gasteiger partial charge on any atom is -0.478 e. The second-order valence-corrected chi connectivity index (χ2v) is 8.29. The molecule has 0 aliphatic heterocycles. The molecule has 4 aromatic rings. The number of aromatic carboxylic acids is 1. The number of aromatic nitrogens is 1. The van der Waals surface area contributed by atoms with Crippen LogP contribution < -0.4 is 0 Å². The molecule has 1 heterocycles. The van der Waals surface area contributed by atoms with Crippen LogP contribution in [0.3, 0.4) is 0 Å². The lowest BCUT2D eigenvalue weighted by Gasteiger charge is -2.19. The molecular formula is C26H23NO2. The predicted octanol–water partition coefficient (Wildman–Crippen LogP) is 6.56. The van der Waals surface area contributed by atoms with Gasteiger partial charge >= 0.3 is 5.97 Å². The first-order chi connectivity index (χ1) is 13.8. The van der Waals surface area contributed by atoms with Crippen molar-refractivity contribution in [2.24, 2.45) is 0 Å². The maximum Gasteiger partial charge on any atom is 0.336 e. The third-order valence-corrected chi connectivity index (χ3v) is 5.19. The highest BCUT2D eigenvalue weighted by atomic mass is 16.4. The van der Waals surface area contributed by atoms with E-state index in [1.165, 1.54) is 5.56 Å². The van der Waals surface area contributed by atoms with Gasteiger partial charge in [0, 0.05) is 10.9 Å². The standard InChI is InChI=1S/C26H23NO2/c1-26(2,3)20-13-11-17(12-14-20)18-7-6-8-19(15-18)24-16-22(25(28)29)21-9-4-5-10-23(21)27-24/h4-16H,1-3H3,(H,28,29). The van der Waals surface area contributed by atoms with Crippen LogP contribution in [0, 0.1) is 0 Å². The fourth-order valence-corrected chi connectivity index (χ4v) is 3.52. The van der Waals surface area contributed by atoms with Crippen molar-refractivity contribution >= 4 is 16.9 Å². The molecule has 1 N–H and O–H groups in total. The zero-order valence-corrected chi connectivity index (χ0v) is 16.8. The van der Waals surface area contributed by atoms with Crippen LogP contribution >= 0.6 is 0 Å². The predicted molar refractivity (Wildman–Crippen MR) is 118 cm³/mol. The Kier molecular flexibility index (Phi) is 4.67. The molecule has 0 saturated heterocycles. The van der Waals surface area contributed by atoms with Gasteiger partial charge in [-0.3, -0.25) is 0 Å². The van der Waals surface area contributed by atoms with Crippen molar-refractivity contribution in [3.63, 3.8) is 0 Å². The van der Waals surface area contributed by atoms with Crippen LogP contribution in [-0.2, 0) is 5.41 Å². The van der Waals surface area contributed by atoms with E-state index < -0.39 is 5.97 Å². The third kappa shape index (κ3) is 3.77. The molecule has 29 heavy (non-hydrogen) atoms. The molecule has 3 nitrogen and oxygen atoms in total. The van der Waals surface area contributed by atoms with Crippen LogP contribution in [0.25, 0.3) is 33.3 Å². The van der Waals surface area contributed by atoms with Gasteiger partial charge in [0.25, 0.3) is 0 Å². The molecule has 4 rings (SSSR count). The summed E-state index contributed by atoms with van der Waals surface area (Å²) in [5.41, 5.74) is 6.12. The Balaban J connectivity index is 1.79. The molecule has 3 heteroatoms. The van der Waals surface area contributed by atoms with Crippen LogP contribution in [0.15, 0.2) is 78.9 Å². The SMILES string of the molecule is CC(C)(C)c1ccc(-c2cccc(-c3cc(C(=O)O)c4ccccc4n3)c2)cc1. The summed E-state index contributed by atoms with van der Waals surface area (Å²) in [7, 11) is 0. The Morgan fingerprint density at radius 1 is 0.793 bits per heavy atom. The number of pyridine rings is 1. The number of fused-ring (bicyclic) bond motifs is 1. The van der Waals surface area contributed by atoms with Gasteiger partial charge in [-0.1, -0.05) is 81.4 Å². The van der Waals surface area contributed by atoms with Crippen LogP contribution in [0.1, 0.15) is 36.7 Å². The van der Waals surface area contributed by atoms with E-state index in [2.05, 4.69) is 57.2 Å². The summed E-state index contributed by atoms with van der Waals surface area (Å²) in [6, 6.07) is 25.7. The van der Waals surface area contributed by atoms with Crippen LogP contribution in [0.5, 0.6) is 0 Å². The molecule has 144 valence electrons. The van der Waals surface area contributed by atoms with Crippen molar-refractivity contribution in [3.05, 3.63) is 90.0 Å². The molecule has 0 aliphatic rings. The van der Waals surface area contributed by atoms with E-state index in [1.54, 1.807) is 12.1 Å². The number of para-hydroxylation sites is 1. The third-order valence-electron chi connectivity index (χ3n) is 5.19. The summed E-state index contributed by atoms with van der Waals surface area (Å²) in [6.07, 6.45) is 0. The summed E-state index contributed by atoms with van der Waals surface area (Å²) in [6.45, 7) is 6.61. The Morgan fingerprint density at radius 3 is 2.17 bits per heavy atom. The van der Waals surface area contributed by atoms with Gasteiger partial charge < -0.3 is 5.11 Å². The van der Waals surface area contributed by atoms with E-state index in [1.807, 2.05) is 30.3 Å². The highest BCUT2D eigenvalue weighted by Gasteiger charge is 2.15. The summed E-state index contributed by atoms with van der Waals surface area (Å²) in [5, 5.41) is 10.3. The summed E-state index contributed by atoms with van der Waals surface area (Å²) in [5.74, 6) is -0.946. The van der Waals surface area contributed by atoms with Gasteiger partial charge in [0.1, 0.15) is 0 Å². The zero-order valence-electron chi connectivity index (χ0n) is 16.8. The van der Waals surface area contributed by atoms with E-state index in [9.17, 15) is 9.90 Å². The van der Waals surface area contributed by atoms with E-state index in [-0.39, 0.29) is 11.0 Å². The molecular weight excluding hydrogens is 358 g/mol. The maximum absolute atomic E-state index is 11.8. The quantitative estimate of drug-likeness (QED) is 0.437. The Labute approximate surface area is 170 Å². The molecule has 1 aromatic heterocycles. The number of carbonyl (C=O) groups is 1. The largest absolute Gasteiger partial charge is 0.478 e. The highest BCUT2D eigenvalue weighted by Crippen LogP contribution is 2.30. The van der Waals surface area contributed by atoms with Crippen LogP contribution in [0.4, 0.5) is 0 Å². The first-order valence-corrected chi connectivity index (χ1v) is 9.67. The number of benzene rings is 3. The van der Waals surface area contributed by atoms with Crippen molar-refractivity contribution in [1.82, 2.24) is 4.98 Å². The van der Waals surface area contributed by atoms with Gasteiger partial charge in [-0.25, -0.2) is 9.78 Å². The van der Waals surface area contributed by atoms with Gasteiger partial charge in [-0.15, -0.1) is 0 Å². The molecule has 0 atom stereocenters. The number of carboxylic acids is 1. The number of hydrogen-bond acceptors (Lipinski definition) is 2. The fraction of sp³-hybridized carbons (Fsp3) is 0.154. The maximum atomic E-state index is 11.8. The van der Waals surface area contributed by atoms with Crippen molar-refractivity contribution in [2.45, 2.75) is 26.2 Å². The molecule has 0 aliphatic carbocycles. The molecule has 0 spiro atoms. The summed E-state index contributed by atoms with van der Waals surface area (Å²) >= 11 is 0. The number of nitrogens with zero attached hydrogens (tertiary/aromatic N) is 1. The minimum absolute atomic E-state index is 0.114. The first kappa shape index (κ1) is 18.9. The Hall–Kier alpha value is -3.46. The molecule has 0 amide bonds. The van der Waals surface area contributed by atoms with E-state index in [0.29, 0.717) is 16.6 Å². The van der Waals surface area contributed by atoms with E-state index in [0.717, 1.165) is 16.7 Å². The lowest BCUT2D eigenvalue weighted by molar-refractivity contribution is 0.0699. The van der Waals surface area contributed by atoms with Crippen molar-refractivity contribution < 1.29 is 9.90 Å². The molecule has 0 saturated carbocycles. The first-order valence-electron chi connectivity index (χ1n) is 9.67. The lowest BCUT2D eigenvalue weighted by Crippen LogP contribution is -2.10. The number of carboxylic acid groups (broad SMARTS) is 1. The van der Waals surface area contributed by atoms with Crippen molar-refractivity contribution in [3.8, 4) is 22.4 Å². The molecule has 0 bridgehead atoms. The van der Waals surface area contributed by atoms with Gasteiger partial charge in [0.05, 0.1) is 16.8 Å². The second kappa shape index (κ2) is 7.17. The average molecular weight is 381 g/mol. The monoisotopic (exact) mass is 381 g/mol. The van der Waals surface area contributed by atoms with Gasteiger partial charge in [0.2, 0.25) is 0 Å². The lowest BCUT2D eigenvalue weighted by atomic mass is 9.86. The summed E-state index contributed by atoms with van der Waals surface area (Å²) < 4.78 is 0. The Morgan fingerprint density at radius 2 is 1.48 bits per heavy atom. The summed E-state index contributed by atoms with van der Waals surface area (Å²) in [4.78, 5) is 16.5. The zero-order chi connectivity index (χ0) is 20.6. The smallest absolute Gasteiger partial charge is 0.336 e. The molecule has 3 aromatic carbocycles. The number of hydrogen-bond donors (Lipinski definition) is 1. The fourth-order valence-electron chi connectivity index (χ4n) is 3.52. The van der Waals surface area contributed by atoms with Crippen LogP contribution in [-0.4, -0.2) is 16.1 Å².